The molecule has 3 rings (SSSR count). The second-order valence-corrected chi connectivity index (χ2v) is 7.07. The molecule has 0 aliphatic heterocycles. The number of nitrogens with zero attached hydrogens (tertiary/aromatic N) is 2. The molecule has 1 aromatic heterocycles. The molecular formula is C16H25N3O. The summed E-state index contributed by atoms with van der Waals surface area (Å²) >= 11 is 0. The first kappa shape index (κ1) is 13.8. The number of methoxy groups -OCH3 is 1. The quantitative estimate of drug-likeness (QED) is 0.901. The zero-order chi connectivity index (χ0) is 14.4. The van der Waals surface area contributed by atoms with Crippen LogP contribution >= 0.6 is 0 Å². The molecule has 0 atom stereocenters. The summed E-state index contributed by atoms with van der Waals surface area (Å²) in [6, 6.07) is 0. The van der Waals surface area contributed by atoms with Crippen molar-refractivity contribution in [3.8, 4) is 0 Å². The van der Waals surface area contributed by atoms with Crippen LogP contribution in [-0.2, 0) is 23.2 Å². The molecule has 0 saturated heterocycles. The third-order valence-corrected chi connectivity index (χ3v) is 5.17. The van der Waals surface area contributed by atoms with Crippen LogP contribution in [0, 0.1) is 5.41 Å². The molecule has 0 aromatic carbocycles. The van der Waals surface area contributed by atoms with Crippen molar-refractivity contribution in [2.24, 2.45) is 5.41 Å². The third kappa shape index (κ3) is 2.20. The zero-order valence-corrected chi connectivity index (χ0v) is 12.8. The second-order valence-electron chi connectivity index (χ2n) is 7.07. The van der Waals surface area contributed by atoms with Crippen LogP contribution in [0.4, 0.5) is 5.82 Å². The van der Waals surface area contributed by atoms with E-state index in [4.69, 9.17) is 15.5 Å². The second kappa shape index (κ2) is 4.69. The summed E-state index contributed by atoms with van der Waals surface area (Å²) < 4.78 is 5.89. The van der Waals surface area contributed by atoms with Gasteiger partial charge in [-0.2, -0.15) is 0 Å². The van der Waals surface area contributed by atoms with Crippen LogP contribution in [0.2, 0.25) is 0 Å². The number of nitrogen functional groups attached to an aromatic ring is 1. The standard InChI is InChI=1S/C16H25N3O/c1-15(2)7-9-16(20-3,10-8-15)14-18-12-6-4-5-11(12)13(17)19-14/h4-10H2,1-3H3,(H2,17,18,19). The Morgan fingerprint density at radius 1 is 1.05 bits per heavy atom. The lowest BCUT2D eigenvalue weighted by molar-refractivity contribution is -0.0729. The number of anilines is 1. The Morgan fingerprint density at radius 2 is 1.75 bits per heavy atom. The smallest absolute Gasteiger partial charge is 0.162 e. The maximum atomic E-state index is 6.14. The lowest BCUT2D eigenvalue weighted by Crippen LogP contribution is -2.38. The molecule has 110 valence electrons. The van der Waals surface area contributed by atoms with Gasteiger partial charge < -0.3 is 10.5 Å². The highest BCUT2D eigenvalue weighted by Crippen LogP contribution is 2.46. The van der Waals surface area contributed by atoms with E-state index in [-0.39, 0.29) is 5.60 Å². The number of rotatable bonds is 2. The van der Waals surface area contributed by atoms with Crippen LogP contribution in [0.15, 0.2) is 0 Å². The van der Waals surface area contributed by atoms with Crippen LogP contribution in [0.1, 0.15) is 63.0 Å². The first-order valence-electron chi connectivity index (χ1n) is 7.67. The Hall–Kier alpha value is -1.16. The first-order valence-corrected chi connectivity index (χ1v) is 7.67. The first-order chi connectivity index (χ1) is 9.46. The number of ether oxygens (including phenoxy) is 1. The van der Waals surface area contributed by atoms with Gasteiger partial charge in [-0.15, -0.1) is 0 Å². The molecular weight excluding hydrogens is 250 g/mol. The van der Waals surface area contributed by atoms with E-state index in [1.54, 1.807) is 7.11 Å². The number of hydrogen-bond donors (Lipinski definition) is 1. The minimum Gasteiger partial charge on any atom is -0.383 e. The lowest BCUT2D eigenvalue weighted by Gasteiger charge is -2.41. The summed E-state index contributed by atoms with van der Waals surface area (Å²) in [6.07, 6.45) is 7.44. The van der Waals surface area contributed by atoms with Gasteiger partial charge in [-0.25, -0.2) is 9.97 Å². The molecule has 4 nitrogen and oxygen atoms in total. The van der Waals surface area contributed by atoms with Gasteiger partial charge in [0.1, 0.15) is 11.4 Å². The Morgan fingerprint density at radius 3 is 2.40 bits per heavy atom. The van der Waals surface area contributed by atoms with Crippen molar-refractivity contribution in [2.75, 3.05) is 12.8 Å². The van der Waals surface area contributed by atoms with E-state index in [1.165, 1.54) is 0 Å². The number of aryl methyl sites for hydroxylation is 1. The van der Waals surface area contributed by atoms with Crippen molar-refractivity contribution >= 4 is 5.82 Å². The Balaban J connectivity index is 1.96. The van der Waals surface area contributed by atoms with Gasteiger partial charge in [-0.3, -0.25) is 0 Å². The van der Waals surface area contributed by atoms with E-state index in [0.717, 1.165) is 62.0 Å². The van der Waals surface area contributed by atoms with E-state index in [2.05, 4.69) is 18.8 Å². The normalized spacial score (nSPS) is 23.6. The monoisotopic (exact) mass is 275 g/mol. The zero-order valence-electron chi connectivity index (χ0n) is 12.8. The molecule has 1 fully saturated rings. The van der Waals surface area contributed by atoms with Crippen LogP contribution in [-0.4, -0.2) is 17.1 Å². The predicted octanol–water partition coefficient (Wildman–Crippen LogP) is 2.99. The Kier molecular flexibility index (Phi) is 3.24. The SMILES string of the molecule is COC1(c2nc(N)c3c(n2)CCC3)CCC(C)(C)CC1. The van der Waals surface area contributed by atoms with Gasteiger partial charge in [0.2, 0.25) is 0 Å². The van der Waals surface area contributed by atoms with Crippen molar-refractivity contribution in [3.63, 3.8) is 0 Å². The molecule has 0 bridgehead atoms. The highest BCUT2D eigenvalue weighted by Gasteiger charge is 2.42. The van der Waals surface area contributed by atoms with Gasteiger partial charge in [0.15, 0.2) is 5.82 Å². The summed E-state index contributed by atoms with van der Waals surface area (Å²) in [4.78, 5) is 9.41. The number of fused-ring (bicyclic) bond motifs is 1. The molecule has 1 heterocycles. The van der Waals surface area contributed by atoms with Crippen molar-refractivity contribution in [2.45, 2.75) is 64.4 Å². The highest BCUT2D eigenvalue weighted by atomic mass is 16.5. The molecule has 2 aliphatic carbocycles. The summed E-state index contributed by atoms with van der Waals surface area (Å²) in [5.74, 6) is 1.48. The predicted molar refractivity (Wildman–Crippen MR) is 79.4 cm³/mol. The van der Waals surface area contributed by atoms with Gasteiger partial charge in [0.05, 0.1) is 0 Å². The van der Waals surface area contributed by atoms with E-state index < -0.39 is 0 Å². The third-order valence-electron chi connectivity index (χ3n) is 5.17. The van der Waals surface area contributed by atoms with Gasteiger partial charge in [0, 0.05) is 18.4 Å². The minimum atomic E-state index is -0.332. The average Bonchev–Trinajstić information content (AvgIpc) is 2.88. The largest absolute Gasteiger partial charge is 0.383 e. The molecule has 0 amide bonds. The molecule has 2 aliphatic rings. The van der Waals surface area contributed by atoms with Crippen molar-refractivity contribution in [3.05, 3.63) is 17.1 Å². The van der Waals surface area contributed by atoms with Gasteiger partial charge in [-0.1, -0.05) is 13.8 Å². The Labute approximate surface area is 121 Å². The molecule has 0 unspecified atom stereocenters. The van der Waals surface area contributed by atoms with Crippen LogP contribution in [0.5, 0.6) is 0 Å². The minimum absolute atomic E-state index is 0.332. The fraction of sp³-hybridized carbons (Fsp3) is 0.750. The van der Waals surface area contributed by atoms with Crippen molar-refractivity contribution in [1.82, 2.24) is 9.97 Å². The number of nitrogens with two attached hydrogens (primary N) is 1. The van der Waals surface area contributed by atoms with Gasteiger partial charge in [-0.05, 0) is 50.4 Å². The van der Waals surface area contributed by atoms with Crippen molar-refractivity contribution < 1.29 is 4.74 Å². The fourth-order valence-electron chi connectivity index (χ4n) is 3.51. The molecule has 4 heteroatoms. The molecule has 2 N–H and O–H groups in total. The Bertz CT molecular complexity index is 515. The summed E-state index contributed by atoms with van der Waals surface area (Å²) in [5, 5.41) is 0. The maximum Gasteiger partial charge on any atom is 0.162 e. The molecule has 1 saturated carbocycles. The lowest BCUT2D eigenvalue weighted by atomic mass is 9.70. The summed E-state index contributed by atoms with van der Waals surface area (Å²) in [6.45, 7) is 4.65. The highest BCUT2D eigenvalue weighted by molar-refractivity contribution is 5.45. The molecule has 20 heavy (non-hydrogen) atoms. The average molecular weight is 275 g/mol. The van der Waals surface area contributed by atoms with Gasteiger partial charge >= 0.3 is 0 Å². The molecule has 1 aromatic rings. The van der Waals surface area contributed by atoms with Crippen LogP contribution < -0.4 is 5.73 Å². The molecule has 0 spiro atoms. The van der Waals surface area contributed by atoms with Crippen LogP contribution in [0.3, 0.4) is 0 Å². The van der Waals surface area contributed by atoms with E-state index >= 15 is 0 Å². The summed E-state index contributed by atoms with van der Waals surface area (Å²) in [7, 11) is 1.78. The number of aromatic nitrogens is 2. The molecule has 0 radical (unpaired) electrons. The van der Waals surface area contributed by atoms with Crippen LogP contribution in [0.25, 0.3) is 0 Å². The summed E-state index contributed by atoms with van der Waals surface area (Å²) in [5.41, 5.74) is 8.51. The topological polar surface area (TPSA) is 61.0 Å². The number of hydrogen-bond acceptors (Lipinski definition) is 4. The van der Waals surface area contributed by atoms with E-state index in [1.807, 2.05) is 0 Å². The van der Waals surface area contributed by atoms with Gasteiger partial charge in [0.25, 0.3) is 0 Å². The van der Waals surface area contributed by atoms with E-state index in [9.17, 15) is 0 Å². The van der Waals surface area contributed by atoms with Crippen molar-refractivity contribution in [1.29, 1.82) is 0 Å². The maximum absolute atomic E-state index is 6.14. The fourth-order valence-corrected chi connectivity index (χ4v) is 3.51. The van der Waals surface area contributed by atoms with E-state index in [0.29, 0.717) is 11.2 Å².